The molecule has 0 atom stereocenters. The molecule has 0 spiro atoms. The Labute approximate surface area is 114 Å². The van der Waals surface area contributed by atoms with E-state index >= 15 is 0 Å². The summed E-state index contributed by atoms with van der Waals surface area (Å²) in [7, 11) is 1.45. The topological polar surface area (TPSA) is 81.7 Å². The molecule has 0 unspecified atom stereocenters. The summed E-state index contributed by atoms with van der Waals surface area (Å²) in [6.07, 6.45) is 3.21. The molecule has 3 heterocycles. The molecular formula is C13H12N4O3. The number of ether oxygens (including phenoxy) is 1. The van der Waals surface area contributed by atoms with Crippen LogP contribution in [0.5, 0.6) is 0 Å². The van der Waals surface area contributed by atoms with E-state index in [1.807, 2.05) is 24.3 Å². The maximum atomic E-state index is 11.5. The first-order valence-corrected chi connectivity index (χ1v) is 5.95. The van der Waals surface area contributed by atoms with Crippen LogP contribution in [-0.2, 0) is 9.53 Å². The Hall–Kier alpha value is -2.67. The summed E-state index contributed by atoms with van der Waals surface area (Å²) in [6, 6.07) is 7.41. The molecule has 1 amide bonds. The van der Waals surface area contributed by atoms with E-state index in [1.165, 1.54) is 7.11 Å². The van der Waals surface area contributed by atoms with Crippen LogP contribution in [-0.4, -0.2) is 34.2 Å². The lowest BCUT2D eigenvalue weighted by molar-refractivity contribution is -0.119. The first-order chi connectivity index (χ1) is 9.78. The molecule has 3 aromatic rings. The van der Waals surface area contributed by atoms with Gasteiger partial charge in [0, 0.05) is 12.7 Å². The second kappa shape index (κ2) is 5.14. The van der Waals surface area contributed by atoms with Crippen molar-refractivity contribution in [2.45, 2.75) is 0 Å². The molecule has 0 bridgehead atoms. The highest BCUT2D eigenvalue weighted by molar-refractivity contribution is 5.90. The SMILES string of the molecule is COCC(=O)Nc1nc2cccc(-c3ccoc3)n2n1. The fraction of sp³-hybridized carbons (Fsp3) is 0.154. The van der Waals surface area contributed by atoms with E-state index in [-0.39, 0.29) is 18.5 Å². The van der Waals surface area contributed by atoms with Crippen LogP contribution in [0.25, 0.3) is 16.9 Å². The molecule has 0 aliphatic rings. The van der Waals surface area contributed by atoms with Crippen LogP contribution in [0.1, 0.15) is 0 Å². The van der Waals surface area contributed by atoms with Gasteiger partial charge in [-0.05, 0) is 18.2 Å². The van der Waals surface area contributed by atoms with E-state index in [4.69, 9.17) is 9.15 Å². The highest BCUT2D eigenvalue weighted by Crippen LogP contribution is 2.20. The number of aromatic nitrogens is 3. The van der Waals surface area contributed by atoms with Gasteiger partial charge in [0.05, 0.1) is 18.2 Å². The Morgan fingerprint density at radius 2 is 2.35 bits per heavy atom. The molecule has 0 radical (unpaired) electrons. The zero-order chi connectivity index (χ0) is 13.9. The smallest absolute Gasteiger partial charge is 0.252 e. The Kier molecular flexibility index (Phi) is 3.18. The van der Waals surface area contributed by atoms with E-state index < -0.39 is 0 Å². The minimum absolute atomic E-state index is 0.0376. The first-order valence-electron chi connectivity index (χ1n) is 5.95. The highest BCUT2D eigenvalue weighted by atomic mass is 16.5. The van der Waals surface area contributed by atoms with Crippen molar-refractivity contribution in [1.29, 1.82) is 0 Å². The molecule has 0 aliphatic heterocycles. The van der Waals surface area contributed by atoms with Crippen LogP contribution in [0, 0.1) is 0 Å². The van der Waals surface area contributed by atoms with Crippen LogP contribution < -0.4 is 5.32 Å². The maximum Gasteiger partial charge on any atom is 0.252 e. The van der Waals surface area contributed by atoms with Gasteiger partial charge in [-0.2, -0.15) is 4.98 Å². The molecule has 102 valence electrons. The molecule has 0 fully saturated rings. The molecule has 20 heavy (non-hydrogen) atoms. The van der Waals surface area contributed by atoms with Crippen molar-refractivity contribution in [3.63, 3.8) is 0 Å². The minimum Gasteiger partial charge on any atom is -0.472 e. The molecule has 0 aromatic carbocycles. The van der Waals surface area contributed by atoms with Crippen LogP contribution in [0.15, 0.2) is 41.2 Å². The average molecular weight is 272 g/mol. The summed E-state index contributed by atoms with van der Waals surface area (Å²) in [5, 5.41) is 6.84. The maximum absolute atomic E-state index is 11.5. The summed E-state index contributed by atoms with van der Waals surface area (Å²) < 4.78 is 11.5. The van der Waals surface area contributed by atoms with E-state index in [0.717, 1.165) is 11.3 Å². The number of fused-ring (bicyclic) bond motifs is 1. The van der Waals surface area contributed by atoms with E-state index in [0.29, 0.717) is 5.65 Å². The van der Waals surface area contributed by atoms with Crippen molar-refractivity contribution in [1.82, 2.24) is 14.6 Å². The monoisotopic (exact) mass is 272 g/mol. The summed E-state index contributed by atoms with van der Waals surface area (Å²) in [5.74, 6) is -0.0590. The molecule has 3 aromatic heterocycles. The number of pyridine rings is 1. The Morgan fingerprint density at radius 1 is 1.45 bits per heavy atom. The number of hydrogen-bond donors (Lipinski definition) is 1. The van der Waals surface area contributed by atoms with Crippen LogP contribution >= 0.6 is 0 Å². The predicted molar refractivity (Wildman–Crippen MR) is 71.2 cm³/mol. The van der Waals surface area contributed by atoms with Crippen LogP contribution in [0.2, 0.25) is 0 Å². The predicted octanol–water partition coefficient (Wildman–Crippen LogP) is 1.57. The highest BCUT2D eigenvalue weighted by Gasteiger charge is 2.11. The van der Waals surface area contributed by atoms with Gasteiger partial charge < -0.3 is 9.15 Å². The molecule has 0 saturated heterocycles. The van der Waals surface area contributed by atoms with Gasteiger partial charge in [-0.15, -0.1) is 5.10 Å². The summed E-state index contributed by atoms with van der Waals surface area (Å²) in [4.78, 5) is 15.7. The number of nitrogens with one attached hydrogen (secondary N) is 1. The van der Waals surface area contributed by atoms with E-state index in [1.54, 1.807) is 17.0 Å². The lowest BCUT2D eigenvalue weighted by atomic mass is 10.2. The van der Waals surface area contributed by atoms with Gasteiger partial charge in [-0.25, -0.2) is 4.52 Å². The summed E-state index contributed by atoms with van der Waals surface area (Å²) >= 11 is 0. The van der Waals surface area contributed by atoms with Gasteiger partial charge in [-0.1, -0.05) is 6.07 Å². The number of rotatable bonds is 4. The molecule has 0 aliphatic carbocycles. The summed E-state index contributed by atoms with van der Waals surface area (Å²) in [5.41, 5.74) is 2.35. The van der Waals surface area contributed by atoms with Crippen molar-refractivity contribution in [2.24, 2.45) is 0 Å². The zero-order valence-electron chi connectivity index (χ0n) is 10.7. The quantitative estimate of drug-likeness (QED) is 0.779. The van der Waals surface area contributed by atoms with Gasteiger partial charge >= 0.3 is 0 Å². The fourth-order valence-corrected chi connectivity index (χ4v) is 1.88. The Bertz CT molecular complexity index is 733. The zero-order valence-corrected chi connectivity index (χ0v) is 10.7. The van der Waals surface area contributed by atoms with Gasteiger partial charge in [-0.3, -0.25) is 10.1 Å². The lowest BCUT2D eigenvalue weighted by Crippen LogP contribution is -2.18. The number of methoxy groups -OCH3 is 1. The van der Waals surface area contributed by atoms with Gasteiger partial charge in [0.25, 0.3) is 5.91 Å². The number of anilines is 1. The van der Waals surface area contributed by atoms with Crippen molar-refractivity contribution < 1.29 is 13.9 Å². The average Bonchev–Trinajstić information content (AvgIpc) is 3.06. The molecule has 3 rings (SSSR count). The molecule has 1 N–H and O–H groups in total. The first kappa shape index (κ1) is 12.4. The van der Waals surface area contributed by atoms with Crippen LogP contribution in [0.4, 0.5) is 5.95 Å². The molecule has 7 nitrogen and oxygen atoms in total. The molecular weight excluding hydrogens is 260 g/mol. The number of hydrogen-bond acceptors (Lipinski definition) is 5. The number of furan rings is 1. The second-order valence-corrected chi connectivity index (χ2v) is 4.11. The molecule has 7 heteroatoms. The van der Waals surface area contributed by atoms with E-state index in [9.17, 15) is 4.79 Å². The van der Waals surface area contributed by atoms with Gasteiger partial charge in [0.15, 0.2) is 5.65 Å². The number of nitrogens with zero attached hydrogens (tertiary/aromatic N) is 3. The lowest BCUT2D eigenvalue weighted by Gasteiger charge is -2.00. The van der Waals surface area contributed by atoms with Crippen molar-refractivity contribution in [3.05, 3.63) is 36.8 Å². The van der Waals surface area contributed by atoms with Crippen molar-refractivity contribution >= 4 is 17.5 Å². The van der Waals surface area contributed by atoms with Crippen molar-refractivity contribution in [2.75, 3.05) is 19.0 Å². The van der Waals surface area contributed by atoms with E-state index in [2.05, 4.69) is 15.4 Å². The second-order valence-electron chi connectivity index (χ2n) is 4.11. The third kappa shape index (κ3) is 2.26. The largest absolute Gasteiger partial charge is 0.472 e. The van der Waals surface area contributed by atoms with Gasteiger partial charge in [0.2, 0.25) is 5.95 Å². The third-order valence-electron chi connectivity index (χ3n) is 2.70. The number of amides is 1. The Morgan fingerprint density at radius 3 is 3.10 bits per heavy atom. The molecule has 0 saturated carbocycles. The Balaban J connectivity index is 1.99. The van der Waals surface area contributed by atoms with Gasteiger partial charge in [0.1, 0.15) is 6.61 Å². The fourth-order valence-electron chi connectivity index (χ4n) is 1.88. The standard InChI is InChI=1S/C13H12N4O3/c1-19-8-12(18)15-13-14-11-4-2-3-10(17(11)16-13)9-5-6-20-7-9/h2-7H,8H2,1H3,(H,15,16,18). The summed E-state index contributed by atoms with van der Waals surface area (Å²) in [6.45, 7) is -0.0376. The number of carbonyl (C=O) groups is 1. The number of carbonyl (C=O) groups excluding carboxylic acids is 1. The minimum atomic E-state index is -0.298. The third-order valence-corrected chi connectivity index (χ3v) is 2.70. The normalized spacial score (nSPS) is 10.8. The van der Waals surface area contributed by atoms with Crippen molar-refractivity contribution in [3.8, 4) is 11.3 Å². The van der Waals surface area contributed by atoms with Crippen LogP contribution in [0.3, 0.4) is 0 Å².